The molecule has 0 spiro atoms. The van der Waals surface area contributed by atoms with E-state index in [0.717, 1.165) is 32.3 Å². The fourth-order valence-electron chi connectivity index (χ4n) is 1.16. The molecular weight excluding hydrogens is 172 g/mol. The Morgan fingerprint density at radius 3 is 2.14 bits per heavy atom. The van der Waals surface area contributed by atoms with Gasteiger partial charge in [-0.05, 0) is 25.7 Å². The van der Waals surface area contributed by atoms with Crippen LogP contribution in [-0.4, -0.2) is 12.7 Å². The molecule has 1 saturated heterocycles. The molecular formula is C13H20O. The lowest BCUT2D eigenvalue weighted by molar-refractivity contribution is 0.410. The molecule has 0 aliphatic carbocycles. The average Bonchev–Trinajstić information content (AvgIpc) is 2.99. The summed E-state index contributed by atoms with van der Waals surface area (Å²) in [6.07, 6.45) is 18.1. The molecule has 1 atom stereocenters. The molecule has 0 N–H and O–H groups in total. The van der Waals surface area contributed by atoms with Gasteiger partial charge in [0.05, 0.1) is 12.7 Å². The number of epoxide rings is 1. The van der Waals surface area contributed by atoms with Crippen LogP contribution in [0.3, 0.4) is 0 Å². The van der Waals surface area contributed by atoms with Gasteiger partial charge in [-0.3, -0.25) is 0 Å². The first-order valence-corrected chi connectivity index (χ1v) is 5.50. The van der Waals surface area contributed by atoms with E-state index >= 15 is 0 Å². The largest absolute Gasteiger partial charge is 0.373 e. The SMILES string of the molecule is CC/C=C\C/C=C\C/C=C\CC1CO1. The molecule has 1 aliphatic rings. The van der Waals surface area contributed by atoms with Crippen LogP contribution in [0.4, 0.5) is 0 Å². The third-order valence-electron chi connectivity index (χ3n) is 2.08. The number of ether oxygens (including phenoxy) is 1. The summed E-state index contributed by atoms with van der Waals surface area (Å²) in [6, 6.07) is 0. The Morgan fingerprint density at radius 1 is 1.00 bits per heavy atom. The van der Waals surface area contributed by atoms with E-state index in [1.54, 1.807) is 0 Å². The van der Waals surface area contributed by atoms with E-state index in [-0.39, 0.29) is 0 Å². The van der Waals surface area contributed by atoms with Crippen LogP contribution >= 0.6 is 0 Å². The van der Waals surface area contributed by atoms with E-state index in [0.29, 0.717) is 6.10 Å². The number of hydrogen-bond acceptors (Lipinski definition) is 1. The van der Waals surface area contributed by atoms with Crippen LogP contribution in [0.25, 0.3) is 0 Å². The van der Waals surface area contributed by atoms with E-state index in [1.165, 1.54) is 0 Å². The van der Waals surface area contributed by atoms with Gasteiger partial charge < -0.3 is 4.74 Å². The molecule has 0 amide bonds. The van der Waals surface area contributed by atoms with Crippen LogP contribution in [0.1, 0.15) is 32.6 Å². The summed E-state index contributed by atoms with van der Waals surface area (Å²) in [6.45, 7) is 3.12. The molecule has 1 fully saturated rings. The van der Waals surface area contributed by atoms with Crippen LogP contribution in [0.15, 0.2) is 36.5 Å². The molecule has 0 bridgehead atoms. The van der Waals surface area contributed by atoms with Crippen molar-refractivity contribution in [2.24, 2.45) is 0 Å². The minimum absolute atomic E-state index is 0.530. The highest BCUT2D eigenvalue weighted by Gasteiger charge is 2.19. The van der Waals surface area contributed by atoms with Gasteiger partial charge in [0, 0.05) is 0 Å². The number of rotatable bonds is 7. The van der Waals surface area contributed by atoms with Crippen LogP contribution in [0.5, 0.6) is 0 Å². The lowest BCUT2D eigenvalue weighted by Crippen LogP contribution is -1.77. The zero-order valence-corrected chi connectivity index (χ0v) is 8.99. The quantitative estimate of drug-likeness (QED) is 0.443. The molecule has 0 aromatic heterocycles. The summed E-state index contributed by atoms with van der Waals surface area (Å²) < 4.78 is 5.10. The molecule has 1 nitrogen and oxygen atoms in total. The van der Waals surface area contributed by atoms with Gasteiger partial charge in [0.15, 0.2) is 0 Å². The van der Waals surface area contributed by atoms with Crippen LogP contribution in [0, 0.1) is 0 Å². The minimum atomic E-state index is 0.530. The van der Waals surface area contributed by atoms with Crippen LogP contribution < -0.4 is 0 Å². The summed E-state index contributed by atoms with van der Waals surface area (Å²) in [5.74, 6) is 0. The number of hydrogen-bond donors (Lipinski definition) is 0. The van der Waals surface area contributed by atoms with Crippen molar-refractivity contribution in [2.45, 2.75) is 38.7 Å². The normalized spacial score (nSPS) is 21.6. The van der Waals surface area contributed by atoms with Gasteiger partial charge in [-0.15, -0.1) is 0 Å². The average molecular weight is 192 g/mol. The standard InChI is InChI=1S/C13H20O/c1-2-3-4-5-6-7-8-9-10-11-13-12-14-13/h3-4,6-7,9-10,13H,2,5,8,11-12H2,1H3/b4-3-,7-6-,10-9-. The smallest absolute Gasteiger partial charge is 0.0844 e. The van der Waals surface area contributed by atoms with Crippen LogP contribution in [0.2, 0.25) is 0 Å². The zero-order chi connectivity index (χ0) is 10.1. The molecule has 1 unspecified atom stereocenters. The Labute approximate surface area is 87.2 Å². The molecule has 0 aromatic rings. The predicted octanol–water partition coefficient (Wildman–Crippen LogP) is 3.63. The molecule has 1 aliphatic heterocycles. The highest BCUT2D eigenvalue weighted by molar-refractivity contribution is 4.97. The zero-order valence-electron chi connectivity index (χ0n) is 8.99. The van der Waals surface area contributed by atoms with Crippen molar-refractivity contribution < 1.29 is 4.74 Å². The first-order chi connectivity index (χ1) is 6.93. The van der Waals surface area contributed by atoms with Gasteiger partial charge >= 0.3 is 0 Å². The highest BCUT2D eigenvalue weighted by Crippen LogP contribution is 2.13. The summed E-state index contributed by atoms with van der Waals surface area (Å²) in [7, 11) is 0. The summed E-state index contributed by atoms with van der Waals surface area (Å²) in [4.78, 5) is 0. The molecule has 0 saturated carbocycles. The van der Waals surface area contributed by atoms with E-state index in [4.69, 9.17) is 4.74 Å². The topological polar surface area (TPSA) is 12.5 Å². The fourth-order valence-corrected chi connectivity index (χ4v) is 1.16. The second-order valence-corrected chi connectivity index (χ2v) is 3.48. The van der Waals surface area contributed by atoms with Crippen molar-refractivity contribution in [1.29, 1.82) is 0 Å². The van der Waals surface area contributed by atoms with Crippen molar-refractivity contribution in [2.75, 3.05) is 6.61 Å². The van der Waals surface area contributed by atoms with E-state index < -0.39 is 0 Å². The number of allylic oxidation sites excluding steroid dienone is 5. The van der Waals surface area contributed by atoms with Crippen molar-refractivity contribution in [3.8, 4) is 0 Å². The molecule has 0 radical (unpaired) electrons. The second kappa shape index (κ2) is 7.57. The van der Waals surface area contributed by atoms with E-state index in [9.17, 15) is 0 Å². The summed E-state index contributed by atoms with van der Waals surface area (Å²) in [5.41, 5.74) is 0. The molecule has 1 heterocycles. The first-order valence-electron chi connectivity index (χ1n) is 5.50. The van der Waals surface area contributed by atoms with Crippen molar-refractivity contribution in [3.63, 3.8) is 0 Å². The third kappa shape index (κ3) is 6.67. The maximum atomic E-state index is 5.10. The molecule has 0 aromatic carbocycles. The Hall–Kier alpha value is -0.820. The van der Waals surface area contributed by atoms with Gasteiger partial charge in [-0.25, -0.2) is 0 Å². The fraction of sp³-hybridized carbons (Fsp3) is 0.538. The Morgan fingerprint density at radius 2 is 1.57 bits per heavy atom. The van der Waals surface area contributed by atoms with Crippen molar-refractivity contribution >= 4 is 0 Å². The molecule has 1 heteroatoms. The van der Waals surface area contributed by atoms with Gasteiger partial charge in [-0.2, -0.15) is 0 Å². The Balaban J connectivity index is 1.90. The van der Waals surface area contributed by atoms with Crippen molar-refractivity contribution in [1.82, 2.24) is 0 Å². The summed E-state index contributed by atoms with van der Waals surface area (Å²) >= 11 is 0. The van der Waals surface area contributed by atoms with Gasteiger partial charge in [0.1, 0.15) is 0 Å². The summed E-state index contributed by atoms with van der Waals surface area (Å²) in [5, 5.41) is 0. The van der Waals surface area contributed by atoms with E-state index in [2.05, 4.69) is 43.4 Å². The molecule has 14 heavy (non-hydrogen) atoms. The maximum Gasteiger partial charge on any atom is 0.0844 e. The van der Waals surface area contributed by atoms with E-state index in [1.807, 2.05) is 0 Å². The lowest BCUT2D eigenvalue weighted by Gasteiger charge is -1.84. The molecule has 78 valence electrons. The highest BCUT2D eigenvalue weighted by atomic mass is 16.6. The third-order valence-corrected chi connectivity index (χ3v) is 2.08. The van der Waals surface area contributed by atoms with Crippen molar-refractivity contribution in [3.05, 3.63) is 36.5 Å². The molecule has 1 rings (SSSR count). The predicted molar refractivity (Wildman–Crippen MR) is 61.3 cm³/mol. The Bertz CT molecular complexity index is 209. The van der Waals surface area contributed by atoms with Gasteiger partial charge in [0.2, 0.25) is 0 Å². The van der Waals surface area contributed by atoms with Crippen LogP contribution in [-0.2, 0) is 4.74 Å². The monoisotopic (exact) mass is 192 g/mol. The Kier molecular flexibility index (Phi) is 6.09. The lowest BCUT2D eigenvalue weighted by atomic mass is 10.2. The minimum Gasteiger partial charge on any atom is -0.373 e. The van der Waals surface area contributed by atoms with Gasteiger partial charge in [0.25, 0.3) is 0 Å². The second-order valence-electron chi connectivity index (χ2n) is 3.48. The maximum absolute atomic E-state index is 5.10. The van der Waals surface area contributed by atoms with Gasteiger partial charge in [-0.1, -0.05) is 43.4 Å². The first kappa shape index (κ1) is 11.3.